The molecule has 0 aromatic heterocycles. The molecule has 0 spiro atoms. The van der Waals surface area contributed by atoms with Crippen LogP contribution in [0.5, 0.6) is 0 Å². The molecule has 0 atom stereocenters. The Bertz CT molecular complexity index is 273. The van der Waals surface area contributed by atoms with Gasteiger partial charge in [-0.05, 0) is 24.1 Å². The van der Waals surface area contributed by atoms with E-state index in [1.54, 1.807) is 6.42 Å². The van der Waals surface area contributed by atoms with Gasteiger partial charge in [-0.3, -0.25) is 0 Å². The number of anilines is 1. The van der Waals surface area contributed by atoms with Gasteiger partial charge >= 0.3 is 0 Å². The molecule has 1 aromatic rings. The number of hydrogen-bond donors (Lipinski definition) is 1. The van der Waals surface area contributed by atoms with Crippen molar-refractivity contribution >= 4 is 17.3 Å². The summed E-state index contributed by atoms with van der Waals surface area (Å²) in [6, 6.07) is 2.73. The Balaban J connectivity index is 3.21. The molecule has 0 fully saturated rings. The second kappa shape index (κ2) is 3.09. The normalized spacial score (nSPS) is 10.1. The number of halogens is 2. The van der Waals surface area contributed by atoms with E-state index >= 15 is 0 Å². The van der Waals surface area contributed by atoms with Gasteiger partial charge in [-0.2, -0.15) is 0 Å². The first kappa shape index (κ1) is 8.34. The van der Waals surface area contributed by atoms with Gasteiger partial charge < -0.3 is 5.73 Å². The van der Waals surface area contributed by atoms with Crippen molar-refractivity contribution in [1.82, 2.24) is 0 Å². The zero-order chi connectivity index (χ0) is 8.43. The Labute approximate surface area is 70.0 Å². The molecule has 1 aromatic carbocycles. The smallest absolute Gasteiger partial charge is 0.147 e. The summed E-state index contributed by atoms with van der Waals surface area (Å²) in [4.78, 5) is 0. The van der Waals surface area contributed by atoms with Gasteiger partial charge in [0.05, 0.1) is 5.69 Å². The highest BCUT2D eigenvalue weighted by Crippen LogP contribution is 2.22. The van der Waals surface area contributed by atoms with Crippen molar-refractivity contribution in [3.05, 3.63) is 35.0 Å². The maximum Gasteiger partial charge on any atom is 0.147 e. The van der Waals surface area contributed by atoms with E-state index in [1.807, 2.05) is 6.92 Å². The van der Waals surface area contributed by atoms with Gasteiger partial charge in [0.15, 0.2) is 0 Å². The molecule has 0 unspecified atom stereocenters. The van der Waals surface area contributed by atoms with Gasteiger partial charge in [-0.1, -0.05) is 18.5 Å². The van der Waals surface area contributed by atoms with Gasteiger partial charge in [0.2, 0.25) is 0 Å². The molecule has 0 aliphatic rings. The van der Waals surface area contributed by atoms with Crippen LogP contribution in [0.25, 0.3) is 0 Å². The van der Waals surface area contributed by atoms with Crippen LogP contribution >= 0.6 is 11.6 Å². The molecule has 0 saturated heterocycles. The minimum Gasteiger partial charge on any atom is -0.396 e. The third kappa shape index (κ3) is 1.63. The summed E-state index contributed by atoms with van der Waals surface area (Å²) in [6.07, 6.45) is 1.78. The lowest BCUT2D eigenvalue weighted by Crippen LogP contribution is -1.92. The lowest BCUT2D eigenvalue weighted by Gasteiger charge is -2.02. The molecular weight excluding hydrogens is 165 g/mol. The molecular formula is C8H8ClFN. The second-order valence-electron chi connectivity index (χ2n) is 2.18. The average molecular weight is 173 g/mol. The largest absolute Gasteiger partial charge is 0.396 e. The highest BCUT2D eigenvalue weighted by molar-refractivity contribution is 6.31. The van der Waals surface area contributed by atoms with Crippen LogP contribution in [0.4, 0.5) is 10.1 Å². The third-order valence-electron chi connectivity index (χ3n) is 1.43. The molecule has 0 amide bonds. The Morgan fingerprint density at radius 1 is 1.55 bits per heavy atom. The molecule has 1 rings (SSSR count). The summed E-state index contributed by atoms with van der Waals surface area (Å²) in [7, 11) is 0. The lowest BCUT2D eigenvalue weighted by atomic mass is 10.1. The summed E-state index contributed by atoms with van der Waals surface area (Å²) in [6.45, 7) is 1.82. The van der Waals surface area contributed by atoms with Crippen molar-refractivity contribution in [3.63, 3.8) is 0 Å². The van der Waals surface area contributed by atoms with E-state index in [1.165, 1.54) is 12.1 Å². The fraction of sp³-hybridized carbons (Fsp3) is 0.125. The third-order valence-corrected chi connectivity index (χ3v) is 1.75. The predicted molar refractivity (Wildman–Crippen MR) is 44.9 cm³/mol. The zero-order valence-electron chi connectivity index (χ0n) is 6.07. The van der Waals surface area contributed by atoms with Crippen LogP contribution in [0.3, 0.4) is 0 Å². The topological polar surface area (TPSA) is 26.0 Å². The van der Waals surface area contributed by atoms with Crippen LogP contribution < -0.4 is 5.73 Å². The Hall–Kier alpha value is -0.760. The van der Waals surface area contributed by atoms with E-state index in [9.17, 15) is 4.39 Å². The van der Waals surface area contributed by atoms with Gasteiger partial charge in [0.1, 0.15) is 5.82 Å². The number of rotatable bonds is 1. The van der Waals surface area contributed by atoms with E-state index in [2.05, 4.69) is 0 Å². The lowest BCUT2D eigenvalue weighted by molar-refractivity contribution is 0.632. The van der Waals surface area contributed by atoms with E-state index < -0.39 is 5.82 Å². The van der Waals surface area contributed by atoms with E-state index in [0.717, 1.165) is 5.56 Å². The fourth-order valence-corrected chi connectivity index (χ4v) is 1.06. The maximum atomic E-state index is 12.7. The van der Waals surface area contributed by atoms with Crippen LogP contribution in [-0.2, 0) is 0 Å². The van der Waals surface area contributed by atoms with E-state index in [-0.39, 0.29) is 5.69 Å². The second-order valence-corrected chi connectivity index (χ2v) is 2.59. The molecule has 3 heteroatoms. The maximum absolute atomic E-state index is 12.7. The minimum atomic E-state index is -0.472. The Kier molecular flexibility index (Phi) is 2.35. The molecule has 0 bridgehead atoms. The fourth-order valence-electron chi connectivity index (χ4n) is 0.805. The predicted octanol–water partition coefficient (Wildman–Crippen LogP) is 2.63. The van der Waals surface area contributed by atoms with E-state index in [4.69, 9.17) is 17.3 Å². The Morgan fingerprint density at radius 2 is 2.18 bits per heavy atom. The Morgan fingerprint density at radius 3 is 2.73 bits per heavy atom. The summed E-state index contributed by atoms with van der Waals surface area (Å²) >= 11 is 5.67. The molecule has 1 nitrogen and oxygen atoms in total. The summed E-state index contributed by atoms with van der Waals surface area (Å²) in [5, 5.41) is 0.388. The summed E-state index contributed by atoms with van der Waals surface area (Å²) in [5.41, 5.74) is 6.19. The molecule has 0 aliphatic heterocycles. The van der Waals surface area contributed by atoms with Gasteiger partial charge in [-0.15, -0.1) is 0 Å². The molecule has 2 N–H and O–H groups in total. The molecule has 11 heavy (non-hydrogen) atoms. The molecule has 0 saturated carbocycles. The quantitative estimate of drug-likeness (QED) is 0.648. The van der Waals surface area contributed by atoms with Crippen molar-refractivity contribution in [1.29, 1.82) is 0 Å². The van der Waals surface area contributed by atoms with Crippen molar-refractivity contribution in [2.24, 2.45) is 0 Å². The highest BCUT2D eigenvalue weighted by Gasteiger charge is 2.03. The zero-order valence-corrected chi connectivity index (χ0v) is 6.82. The minimum absolute atomic E-state index is 0.127. The van der Waals surface area contributed by atoms with Crippen LogP contribution in [0.15, 0.2) is 12.1 Å². The van der Waals surface area contributed by atoms with Crippen molar-refractivity contribution in [2.75, 3.05) is 5.73 Å². The first-order chi connectivity index (χ1) is 5.15. The molecule has 59 valence electrons. The van der Waals surface area contributed by atoms with Gasteiger partial charge in [0.25, 0.3) is 0 Å². The van der Waals surface area contributed by atoms with Gasteiger partial charge in [-0.25, -0.2) is 4.39 Å². The average Bonchev–Trinajstić information content (AvgIpc) is 1.97. The number of hydrogen-bond acceptors (Lipinski definition) is 1. The summed E-state index contributed by atoms with van der Waals surface area (Å²) in [5.74, 6) is -0.472. The highest BCUT2D eigenvalue weighted by atomic mass is 35.5. The van der Waals surface area contributed by atoms with Crippen molar-refractivity contribution < 1.29 is 4.39 Å². The number of nitrogen functional groups attached to an aromatic ring is 1. The molecule has 0 aliphatic carbocycles. The van der Waals surface area contributed by atoms with Crippen LogP contribution in [0.2, 0.25) is 5.02 Å². The van der Waals surface area contributed by atoms with Crippen molar-refractivity contribution in [2.45, 2.75) is 6.92 Å². The van der Waals surface area contributed by atoms with Crippen LogP contribution in [0, 0.1) is 12.2 Å². The van der Waals surface area contributed by atoms with E-state index in [0.29, 0.717) is 5.02 Å². The monoisotopic (exact) mass is 172 g/mol. The standard InChI is InChI=1S/C8H8ClFN/c1-2-5-3-8(11)7(10)4-6(5)9/h2-4H,11H2,1H3. The molecule has 0 heterocycles. The SMILES string of the molecule is C[CH]c1cc(N)c(F)cc1Cl. The first-order valence-electron chi connectivity index (χ1n) is 3.19. The number of nitrogens with two attached hydrogens (primary N) is 1. The summed E-state index contributed by atoms with van der Waals surface area (Å²) < 4.78 is 12.7. The number of benzene rings is 1. The van der Waals surface area contributed by atoms with Gasteiger partial charge in [0, 0.05) is 5.02 Å². The van der Waals surface area contributed by atoms with Crippen LogP contribution in [-0.4, -0.2) is 0 Å². The van der Waals surface area contributed by atoms with Crippen LogP contribution in [0.1, 0.15) is 12.5 Å². The molecule has 1 radical (unpaired) electrons. The van der Waals surface area contributed by atoms with Crippen molar-refractivity contribution in [3.8, 4) is 0 Å². The first-order valence-corrected chi connectivity index (χ1v) is 3.57.